The van der Waals surface area contributed by atoms with E-state index in [1.165, 1.54) is 0 Å². The number of fused-ring (bicyclic) bond motifs is 1. The van der Waals surface area contributed by atoms with E-state index in [4.69, 9.17) is 5.73 Å². The summed E-state index contributed by atoms with van der Waals surface area (Å²) in [5, 5.41) is 2.33. The third-order valence-electron chi connectivity index (χ3n) is 5.42. The fraction of sp³-hybridized carbons (Fsp3) is 0.500. The van der Waals surface area contributed by atoms with Gasteiger partial charge in [-0.15, -0.1) is 0 Å². The molecule has 0 spiro atoms. The highest BCUT2D eigenvalue weighted by atomic mass is 16.2. The topological polar surface area (TPSA) is 95.7 Å². The summed E-state index contributed by atoms with van der Waals surface area (Å²) < 4.78 is 0. The van der Waals surface area contributed by atoms with Gasteiger partial charge in [-0.25, -0.2) is 0 Å². The van der Waals surface area contributed by atoms with Crippen molar-refractivity contribution in [3.05, 3.63) is 29.3 Å². The first-order chi connectivity index (χ1) is 12.0. The van der Waals surface area contributed by atoms with Crippen LogP contribution in [0.25, 0.3) is 0 Å². The van der Waals surface area contributed by atoms with Crippen LogP contribution in [0.3, 0.4) is 0 Å². The molecule has 3 aliphatic heterocycles. The molecule has 25 heavy (non-hydrogen) atoms. The summed E-state index contributed by atoms with van der Waals surface area (Å²) in [6.45, 7) is 2.21. The summed E-state index contributed by atoms with van der Waals surface area (Å²) in [5.74, 6) is -0.765. The predicted octanol–water partition coefficient (Wildman–Crippen LogP) is 0.375. The van der Waals surface area contributed by atoms with Crippen molar-refractivity contribution in [3.8, 4) is 0 Å². The number of piperidine rings is 2. The minimum Gasteiger partial charge on any atom is -0.371 e. The molecule has 1 atom stereocenters. The van der Waals surface area contributed by atoms with Gasteiger partial charge in [-0.1, -0.05) is 6.07 Å². The zero-order chi connectivity index (χ0) is 17.6. The summed E-state index contributed by atoms with van der Waals surface area (Å²) in [4.78, 5) is 40.1. The van der Waals surface area contributed by atoms with E-state index < -0.39 is 6.04 Å². The van der Waals surface area contributed by atoms with Crippen LogP contribution in [0.1, 0.15) is 41.6 Å². The van der Waals surface area contributed by atoms with E-state index in [2.05, 4.69) is 10.2 Å². The van der Waals surface area contributed by atoms with Gasteiger partial charge in [-0.2, -0.15) is 0 Å². The fourth-order valence-electron chi connectivity index (χ4n) is 3.90. The molecule has 3 amide bonds. The molecule has 0 aliphatic carbocycles. The third kappa shape index (κ3) is 2.89. The van der Waals surface area contributed by atoms with Crippen LogP contribution in [0.2, 0.25) is 0 Å². The lowest BCUT2D eigenvalue weighted by Crippen LogP contribution is -2.52. The van der Waals surface area contributed by atoms with Crippen molar-refractivity contribution >= 4 is 23.4 Å². The van der Waals surface area contributed by atoms with Crippen molar-refractivity contribution in [2.75, 3.05) is 18.0 Å². The SMILES string of the molecule is NC1CCN(c2ccc3c(c2)C(=O)N(C2CCC(=O)NC2=O)C3)CC1. The Labute approximate surface area is 146 Å². The van der Waals surface area contributed by atoms with Crippen molar-refractivity contribution < 1.29 is 14.4 Å². The average molecular weight is 342 g/mol. The number of nitrogens with one attached hydrogen (secondary N) is 1. The van der Waals surface area contributed by atoms with Gasteiger partial charge in [0.15, 0.2) is 0 Å². The van der Waals surface area contributed by atoms with Gasteiger partial charge in [-0.05, 0) is 37.0 Å². The van der Waals surface area contributed by atoms with Crippen LogP contribution in [0.15, 0.2) is 18.2 Å². The van der Waals surface area contributed by atoms with E-state index >= 15 is 0 Å². The van der Waals surface area contributed by atoms with Crippen LogP contribution in [-0.4, -0.2) is 47.8 Å². The molecule has 3 heterocycles. The van der Waals surface area contributed by atoms with E-state index in [0.29, 0.717) is 18.5 Å². The van der Waals surface area contributed by atoms with E-state index in [0.717, 1.165) is 37.2 Å². The Kier molecular flexibility index (Phi) is 3.95. The summed E-state index contributed by atoms with van der Waals surface area (Å²) in [5.41, 5.74) is 8.59. The third-order valence-corrected chi connectivity index (χ3v) is 5.42. The molecule has 3 aliphatic rings. The number of hydrogen-bond donors (Lipinski definition) is 2. The molecule has 0 saturated carbocycles. The first kappa shape index (κ1) is 16.1. The van der Waals surface area contributed by atoms with E-state index in [1.807, 2.05) is 18.2 Å². The van der Waals surface area contributed by atoms with Gasteiger partial charge in [0.25, 0.3) is 5.91 Å². The summed E-state index contributed by atoms with van der Waals surface area (Å²) >= 11 is 0. The van der Waals surface area contributed by atoms with Gasteiger partial charge in [-0.3, -0.25) is 19.7 Å². The van der Waals surface area contributed by atoms with Crippen LogP contribution in [-0.2, 0) is 16.1 Å². The molecule has 132 valence electrons. The number of rotatable bonds is 2. The zero-order valence-corrected chi connectivity index (χ0v) is 14.0. The number of hydrogen-bond acceptors (Lipinski definition) is 5. The molecule has 7 heteroatoms. The second kappa shape index (κ2) is 6.15. The molecule has 0 radical (unpaired) electrons. The molecule has 1 unspecified atom stereocenters. The Morgan fingerprint density at radius 1 is 1.08 bits per heavy atom. The number of benzene rings is 1. The van der Waals surface area contributed by atoms with Crippen molar-refractivity contribution in [1.29, 1.82) is 0 Å². The number of carbonyl (C=O) groups is 3. The van der Waals surface area contributed by atoms with Crippen LogP contribution in [0.5, 0.6) is 0 Å². The Morgan fingerprint density at radius 3 is 2.56 bits per heavy atom. The Bertz CT molecular complexity index is 740. The fourth-order valence-corrected chi connectivity index (χ4v) is 3.90. The summed E-state index contributed by atoms with van der Waals surface area (Å²) in [7, 11) is 0. The molecule has 0 bridgehead atoms. The lowest BCUT2D eigenvalue weighted by molar-refractivity contribution is -0.136. The van der Waals surface area contributed by atoms with Gasteiger partial charge >= 0.3 is 0 Å². The molecule has 1 aromatic rings. The standard InChI is InChI=1S/C18H22N4O3/c19-12-5-7-21(8-6-12)13-2-1-11-10-22(18(25)14(11)9-13)15-3-4-16(23)20-17(15)24/h1-2,9,12,15H,3-8,10,19H2,(H,20,23,24). The molecule has 3 N–H and O–H groups in total. The maximum absolute atomic E-state index is 12.8. The van der Waals surface area contributed by atoms with E-state index in [1.54, 1.807) is 4.90 Å². The molecule has 2 fully saturated rings. The maximum Gasteiger partial charge on any atom is 0.255 e. The summed E-state index contributed by atoms with van der Waals surface area (Å²) in [6.07, 6.45) is 2.57. The van der Waals surface area contributed by atoms with E-state index in [9.17, 15) is 14.4 Å². The van der Waals surface area contributed by atoms with Crippen LogP contribution >= 0.6 is 0 Å². The molecule has 4 rings (SSSR count). The average Bonchev–Trinajstić information content (AvgIpc) is 2.92. The Morgan fingerprint density at radius 2 is 1.84 bits per heavy atom. The molecule has 1 aromatic carbocycles. The van der Waals surface area contributed by atoms with Gasteiger partial charge in [0.05, 0.1) is 0 Å². The monoisotopic (exact) mass is 342 g/mol. The number of anilines is 1. The minimum absolute atomic E-state index is 0.125. The largest absolute Gasteiger partial charge is 0.371 e. The van der Waals surface area contributed by atoms with Gasteiger partial charge in [0.2, 0.25) is 11.8 Å². The number of amides is 3. The highest BCUT2D eigenvalue weighted by Gasteiger charge is 2.39. The second-order valence-electron chi connectivity index (χ2n) is 7.07. The quantitative estimate of drug-likeness (QED) is 0.758. The van der Waals surface area contributed by atoms with Crippen molar-refractivity contribution in [2.45, 2.75) is 44.3 Å². The number of nitrogens with two attached hydrogens (primary N) is 1. The van der Waals surface area contributed by atoms with Crippen molar-refractivity contribution in [1.82, 2.24) is 10.2 Å². The second-order valence-corrected chi connectivity index (χ2v) is 7.07. The lowest BCUT2D eigenvalue weighted by Gasteiger charge is -2.32. The van der Waals surface area contributed by atoms with Crippen LogP contribution in [0.4, 0.5) is 5.69 Å². The highest BCUT2D eigenvalue weighted by molar-refractivity contribution is 6.05. The Hall–Kier alpha value is -2.41. The van der Waals surface area contributed by atoms with Crippen LogP contribution in [0, 0.1) is 0 Å². The molecule has 2 saturated heterocycles. The number of nitrogens with zero attached hydrogens (tertiary/aromatic N) is 2. The zero-order valence-electron chi connectivity index (χ0n) is 14.0. The van der Waals surface area contributed by atoms with Gasteiger partial charge in [0, 0.05) is 43.3 Å². The first-order valence-corrected chi connectivity index (χ1v) is 8.81. The van der Waals surface area contributed by atoms with Crippen molar-refractivity contribution in [3.63, 3.8) is 0 Å². The smallest absolute Gasteiger partial charge is 0.255 e. The van der Waals surface area contributed by atoms with Crippen LogP contribution < -0.4 is 16.0 Å². The summed E-state index contributed by atoms with van der Waals surface area (Å²) in [6, 6.07) is 5.64. The first-order valence-electron chi connectivity index (χ1n) is 8.81. The number of imide groups is 1. The van der Waals surface area contributed by atoms with Gasteiger partial charge in [0.1, 0.15) is 6.04 Å². The molecular weight excluding hydrogens is 320 g/mol. The normalized spacial score (nSPS) is 24.5. The Balaban J connectivity index is 1.54. The van der Waals surface area contributed by atoms with Gasteiger partial charge < -0.3 is 15.5 Å². The van der Waals surface area contributed by atoms with Crippen molar-refractivity contribution in [2.24, 2.45) is 5.73 Å². The molecule has 0 aromatic heterocycles. The lowest BCUT2D eigenvalue weighted by atomic mass is 10.0. The molecule has 7 nitrogen and oxygen atoms in total. The predicted molar refractivity (Wildman–Crippen MR) is 91.9 cm³/mol. The highest BCUT2D eigenvalue weighted by Crippen LogP contribution is 2.31. The van der Waals surface area contributed by atoms with E-state index in [-0.39, 0.29) is 30.2 Å². The maximum atomic E-state index is 12.8. The minimum atomic E-state index is -0.561. The number of carbonyl (C=O) groups excluding carboxylic acids is 3. The molecular formula is C18H22N4O3.